The molecule has 1 aliphatic rings. The van der Waals surface area contributed by atoms with Gasteiger partial charge < -0.3 is 10.1 Å². The van der Waals surface area contributed by atoms with Crippen molar-refractivity contribution >= 4 is 5.69 Å². The quantitative estimate of drug-likeness (QED) is 0.823. The Hall–Kier alpha value is -1.23. The highest BCUT2D eigenvalue weighted by Crippen LogP contribution is 2.19. The van der Waals surface area contributed by atoms with Gasteiger partial charge in [0.15, 0.2) is 17.5 Å². The topological polar surface area (TPSA) is 21.3 Å². The molecule has 1 atom stereocenters. The fourth-order valence-corrected chi connectivity index (χ4v) is 1.91. The van der Waals surface area contributed by atoms with Gasteiger partial charge in [-0.3, -0.25) is 0 Å². The van der Waals surface area contributed by atoms with E-state index in [0.717, 1.165) is 38.0 Å². The number of hydrogen-bond acceptors (Lipinski definition) is 2. The molecule has 0 bridgehead atoms. The van der Waals surface area contributed by atoms with Crippen LogP contribution in [0.2, 0.25) is 0 Å². The van der Waals surface area contributed by atoms with E-state index in [1.54, 1.807) is 0 Å². The molecule has 2 nitrogen and oxygen atoms in total. The average Bonchev–Trinajstić information content (AvgIpc) is 2.79. The number of anilines is 1. The van der Waals surface area contributed by atoms with E-state index in [4.69, 9.17) is 4.74 Å². The Kier molecular flexibility index (Phi) is 3.89. The molecule has 0 aromatic heterocycles. The fraction of sp³-hybridized carbons (Fsp3) is 0.500. The van der Waals surface area contributed by atoms with Gasteiger partial charge in [-0.05, 0) is 19.3 Å². The Morgan fingerprint density at radius 2 is 1.94 bits per heavy atom. The summed E-state index contributed by atoms with van der Waals surface area (Å²) in [5.74, 6) is -3.79. The third kappa shape index (κ3) is 3.12. The van der Waals surface area contributed by atoms with Crippen molar-refractivity contribution in [2.45, 2.75) is 25.4 Å². The number of halogens is 3. The lowest BCUT2D eigenvalue weighted by molar-refractivity contribution is 0.107. The van der Waals surface area contributed by atoms with E-state index in [9.17, 15) is 13.2 Å². The largest absolute Gasteiger partial charge is 0.385 e. The van der Waals surface area contributed by atoms with Gasteiger partial charge in [0.05, 0.1) is 6.10 Å². The van der Waals surface area contributed by atoms with Crippen molar-refractivity contribution < 1.29 is 17.9 Å². The lowest BCUT2D eigenvalue weighted by Crippen LogP contribution is -2.12. The number of ether oxygens (including phenoxy) is 1. The van der Waals surface area contributed by atoms with Gasteiger partial charge >= 0.3 is 0 Å². The fourth-order valence-electron chi connectivity index (χ4n) is 1.91. The van der Waals surface area contributed by atoms with Gasteiger partial charge in [0.1, 0.15) is 0 Å². The summed E-state index contributed by atoms with van der Waals surface area (Å²) in [7, 11) is 0. The first-order chi connectivity index (χ1) is 8.16. The molecule has 1 fully saturated rings. The van der Waals surface area contributed by atoms with Crippen molar-refractivity contribution in [1.29, 1.82) is 0 Å². The minimum Gasteiger partial charge on any atom is -0.385 e. The molecule has 1 N–H and O–H groups in total. The van der Waals surface area contributed by atoms with E-state index in [1.165, 1.54) is 0 Å². The molecular formula is C12H14F3NO. The standard InChI is InChI=1S/C12H14F3NO/c13-10-6-8(7-11(14)12(10)15)16-4-3-9-2-1-5-17-9/h6-7,9,16H,1-5H2. The average molecular weight is 245 g/mol. The summed E-state index contributed by atoms with van der Waals surface area (Å²) in [6.45, 7) is 1.33. The van der Waals surface area contributed by atoms with E-state index < -0.39 is 17.5 Å². The maximum absolute atomic E-state index is 12.9. The number of benzene rings is 1. The molecule has 1 heterocycles. The molecule has 17 heavy (non-hydrogen) atoms. The van der Waals surface area contributed by atoms with Crippen molar-refractivity contribution in [2.75, 3.05) is 18.5 Å². The van der Waals surface area contributed by atoms with Gasteiger partial charge in [0, 0.05) is 31.0 Å². The maximum atomic E-state index is 12.9. The van der Waals surface area contributed by atoms with E-state index in [0.29, 0.717) is 6.54 Å². The van der Waals surface area contributed by atoms with Crippen molar-refractivity contribution in [3.8, 4) is 0 Å². The summed E-state index contributed by atoms with van der Waals surface area (Å²) >= 11 is 0. The highest BCUT2D eigenvalue weighted by molar-refractivity contribution is 5.44. The predicted molar refractivity (Wildman–Crippen MR) is 58.4 cm³/mol. The molecule has 94 valence electrons. The van der Waals surface area contributed by atoms with Crippen molar-refractivity contribution in [3.63, 3.8) is 0 Å². The normalized spacial score (nSPS) is 19.6. The van der Waals surface area contributed by atoms with Crippen LogP contribution in [-0.2, 0) is 4.74 Å². The molecule has 0 radical (unpaired) electrons. The Morgan fingerprint density at radius 1 is 1.24 bits per heavy atom. The first kappa shape index (κ1) is 12.2. The second kappa shape index (κ2) is 5.40. The van der Waals surface area contributed by atoms with Crippen LogP contribution in [0.4, 0.5) is 18.9 Å². The van der Waals surface area contributed by atoms with Crippen molar-refractivity contribution in [3.05, 3.63) is 29.6 Å². The number of rotatable bonds is 4. The van der Waals surface area contributed by atoms with Crippen LogP contribution in [0.1, 0.15) is 19.3 Å². The van der Waals surface area contributed by atoms with E-state index in [2.05, 4.69) is 5.32 Å². The molecule has 1 aromatic carbocycles. The third-order valence-corrected chi connectivity index (χ3v) is 2.80. The highest BCUT2D eigenvalue weighted by Gasteiger charge is 2.15. The zero-order valence-electron chi connectivity index (χ0n) is 9.31. The molecule has 0 spiro atoms. The Bertz CT molecular complexity index is 368. The Labute approximate surface area is 97.8 Å². The second-order valence-corrected chi connectivity index (χ2v) is 4.10. The van der Waals surface area contributed by atoms with Crippen LogP contribution in [0.5, 0.6) is 0 Å². The third-order valence-electron chi connectivity index (χ3n) is 2.80. The molecule has 1 aliphatic heterocycles. The lowest BCUT2D eigenvalue weighted by Gasteiger charge is -2.11. The van der Waals surface area contributed by atoms with Crippen LogP contribution < -0.4 is 5.32 Å². The first-order valence-electron chi connectivity index (χ1n) is 5.67. The lowest BCUT2D eigenvalue weighted by atomic mass is 10.2. The van der Waals surface area contributed by atoms with E-state index in [-0.39, 0.29) is 11.8 Å². The molecule has 0 saturated carbocycles. The van der Waals surface area contributed by atoms with Crippen molar-refractivity contribution in [2.24, 2.45) is 0 Å². The minimum absolute atomic E-state index is 0.220. The van der Waals surface area contributed by atoms with Gasteiger partial charge in [-0.25, -0.2) is 13.2 Å². The van der Waals surface area contributed by atoms with Gasteiger partial charge in [-0.2, -0.15) is 0 Å². The summed E-state index contributed by atoms with van der Waals surface area (Å²) in [6.07, 6.45) is 3.08. The molecule has 5 heteroatoms. The van der Waals surface area contributed by atoms with E-state index in [1.807, 2.05) is 0 Å². The predicted octanol–water partition coefficient (Wildman–Crippen LogP) is 3.08. The first-order valence-corrected chi connectivity index (χ1v) is 5.67. The Balaban J connectivity index is 1.86. The Morgan fingerprint density at radius 3 is 2.53 bits per heavy atom. The summed E-state index contributed by atoms with van der Waals surface area (Å²) in [4.78, 5) is 0. The van der Waals surface area contributed by atoms with E-state index >= 15 is 0 Å². The summed E-state index contributed by atoms with van der Waals surface area (Å²) in [5, 5.41) is 2.85. The zero-order valence-corrected chi connectivity index (χ0v) is 9.31. The SMILES string of the molecule is Fc1cc(NCCC2CCCO2)cc(F)c1F. The summed E-state index contributed by atoms with van der Waals surface area (Å²) in [5.41, 5.74) is 0.249. The van der Waals surface area contributed by atoms with Crippen molar-refractivity contribution in [1.82, 2.24) is 0 Å². The molecule has 1 aromatic rings. The van der Waals surface area contributed by atoms with Crippen LogP contribution in [-0.4, -0.2) is 19.3 Å². The van der Waals surface area contributed by atoms with Gasteiger partial charge in [-0.1, -0.05) is 0 Å². The maximum Gasteiger partial charge on any atom is 0.194 e. The molecule has 2 rings (SSSR count). The van der Waals surface area contributed by atoms with Crippen LogP contribution in [0.3, 0.4) is 0 Å². The second-order valence-electron chi connectivity index (χ2n) is 4.10. The van der Waals surface area contributed by atoms with Gasteiger partial charge in [0.2, 0.25) is 0 Å². The van der Waals surface area contributed by atoms with Gasteiger partial charge in [0.25, 0.3) is 0 Å². The number of hydrogen-bond donors (Lipinski definition) is 1. The molecule has 0 aliphatic carbocycles. The molecule has 1 unspecified atom stereocenters. The number of nitrogens with one attached hydrogen (secondary N) is 1. The molecular weight excluding hydrogens is 231 g/mol. The monoisotopic (exact) mass is 245 g/mol. The molecule has 1 saturated heterocycles. The van der Waals surface area contributed by atoms with Crippen LogP contribution in [0.25, 0.3) is 0 Å². The van der Waals surface area contributed by atoms with Crippen LogP contribution in [0, 0.1) is 17.5 Å². The van der Waals surface area contributed by atoms with Crippen LogP contribution >= 0.6 is 0 Å². The summed E-state index contributed by atoms with van der Waals surface area (Å²) < 4.78 is 43.9. The highest BCUT2D eigenvalue weighted by atomic mass is 19.2. The van der Waals surface area contributed by atoms with Gasteiger partial charge in [-0.15, -0.1) is 0 Å². The molecule has 0 amide bonds. The smallest absolute Gasteiger partial charge is 0.194 e. The van der Waals surface area contributed by atoms with Crippen LogP contribution in [0.15, 0.2) is 12.1 Å². The minimum atomic E-state index is -1.44. The zero-order chi connectivity index (χ0) is 12.3. The summed E-state index contributed by atoms with van der Waals surface area (Å²) in [6, 6.07) is 1.90.